The number of aliphatic carboxylic acids is 1. The van der Waals surface area contributed by atoms with Gasteiger partial charge in [-0.2, -0.15) is 5.10 Å². The summed E-state index contributed by atoms with van der Waals surface area (Å²) in [5.41, 5.74) is 1.58. The van der Waals surface area contributed by atoms with E-state index >= 15 is 0 Å². The minimum Gasteiger partial charge on any atom is -0.482 e. The summed E-state index contributed by atoms with van der Waals surface area (Å²) in [5, 5.41) is 11.9. The molecule has 0 aromatic heterocycles. The molecule has 0 aliphatic rings. The molecular formula is C10H12N2O3. The van der Waals surface area contributed by atoms with Gasteiger partial charge in [0.05, 0.1) is 5.71 Å². The second kappa shape index (κ2) is 4.99. The van der Waals surface area contributed by atoms with E-state index in [-0.39, 0.29) is 6.61 Å². The van der Waals surface area contributed by atoms with Gasteiger partial charge in [0, 0.05) is 0 Å². The first-order chi connectivity index (χ1) is 7.13. The van der Waals surface area contributed by atoms with Crippen molar-refractivity contribution in [1.82, 2.24) is 0 Å². The molecule has 3 N–H and O–H groups in total. The number of hydrazone groups is 1. The largest absolute Gasteiger partial charge is 0.482 e. The number of carbonyl (C=O) groups is 1. The van der Waals surface area contributed by atoms with Gasteiger partial charge in [-0.25, -0.2) is 4.79 Å². The molecule has 0 aliphatic carbocycles. The van der Waals surface area contributed by atoms with Gasteiger partial charge in [-0.3, -0.25) is 0 Å². The van der Waals surface area contributed by atoms with Gasteiger partial charge in [0.25, 0.3) is 0 Å². The van der Waals surface area contributed by atoms with Gasteiger partial charge in [-0.05, 0) is 36.8 Å². The number of nitrogens with zero attached hydrogens (tertiary/aromatic N) is 1. The van der Waals surface area contributed by atoms with E-state index in [4.69, 9.17) is 15.7 Å². The summed E-state index contributed by atoms with van der Waals surface area (Å²) in [4.78, 5) is 10.2. The van der Waals surface area contributed by atoms with Gasteiger partial charge in [0.2, 0.25) is 0 Å². The first kappa shape index (κ1) is 11.0. The number of ether oxygens (including phenoxy) is 1. The van der Waals surface area contributed by atoms with Crippen LogP contribution in [0.3, 0.4) is 0 Å². The molecule has 1 aromatic rings. The topological polar surface area (TPSA) is 84.9 Å². The van der Waals surface area contributed by atoms with Crippen LogP contribution < -0.4 is 10.6 Å². The maximum Gasteiger partial charge on any atom is 0.341 e. The maximum atomic E-state index is 10.2. The van der Waals surface area contributed by atoms with Crippen LogP contribution >= 0.6 is 0 Å². The number of rotatable bonds is 4. The van der Waals surface area contributed by atoms with E-state index in [9.17, 15) is 4.79 Å². The Balaban J connectivity index is 2.68. The minimum atomic E-state index is -1.00. The molecule has 80 valence electrons. The zero-order valence-electron chi connectivity index (χ0n) is 8.30. The Morgan fingerprint density at radius 1 is 1.47 bits per heavy atom. The number of nitrogens with two attached hydrogens (primary N) is 1. The lowest BCUT2D eigenvalue weighted by atomic mass is 10.1. The lowest BCUT2D eigenvalue weighted by Gasteiger charge is -2.04. The number of carboxylic acid groups (broad SMARTS) is 1. The van der Waals surface area contributed by atoms with Gasteiger partial charge in [0.15, 0.2) is 6.61 Å². The first-order valence-corrected chi connectivity index (χ1v) is 4.33. The summed E-state index contributed by atoms with van der Waals surface area (Å²) in [6.07, 6.45) is 0. The third kappa shape index (κ3) is 3.30. The van der Waals surface area contributed by atoms with Crippen LogP contribution in [0.1, 0.15) is 12.5 Å². The Morgan fingerprint density at radius 2 is 2.07 bits per heavy atom. The molecule has 0 spiro atoms. The summed E-state index contributed by atoms with van der Waals surface area (Å²) >= 11 is 0. The molecule has 0 fully saturated rings. The monoisotopic (exact) mass is 208 g/mol. The second-order valence-corrected chi connectivity index (χ2v) is 2.92. The Labute approximate surface area is 87.2 Å². The Kier molecular flexibility index (Phi) is 3.68. The lowest BCUT2D eigenvalue weighted by molar-refractivity contribution is -0.139. The third-order valence-corrected chi connectivity index (χ3v) is 1.83. The van der Waals surface area contributed by atoms with Gasteiger partial charge in [-0.15, -0.1) is 0 Å². The van der Waals surface area contributed by atoms with Gasteiger partial charge in [-0.1, -0.05) is 0 Å². The van der Waals surface area contributed by atoms with Gasteiger partial charge in [0.1, 0.15) is 5.75 Å². The Morgan fingerprint density at radius 3 is 2.53 bits per heavy atom. The SMILES string of the molecule is C/C(=N/N)c1ccc(OCC(=O)O)cc1. The average Bonchev–Trinajstić information content (AvgIpc) is 2.26. The summed E-state index contributed by atoms with van der Waals surface area (Å²) in [6, 6.07) is 6.88. The normalized spacial score (nSPS) is 11.1. The van der Waals surface area contributed by atoms with E-state index < -0.39 is 5.97 Å². The molecule has 0 aliphatic heterocycles. The van der Waals surface area contributed by atoms with Crippen LogP contribution in [0, 0.1) is 0 Å². The van der Waals surface area contributed by atoms with E-state index in [0.29, 0.717) is 11.5 Å². The molecule has 1 rings (SSSR count). The maximum absolute atomic E-state index is 10.2. The lowest BCUT2D eigenvalue weighted by Crippen LogP contribution is -2.09. The van der Waals surface area contributed by atoms with Gasteiger partial charge >= 0.3 is 5.97 Å². The first-order valence-electron chi connectivity index (χ1n) is 4.33. The molecule has 0 saturated carbocycles. The molecule has 0 heterocycles. The zero-order valence-corrected chi connectivity index (χ0v) is 8.30. The van der Waals surface area contributed by atoms with Crippen molar-refractivity contribution < 1.29 is 14.6 Å². The van der Waals surface area contributed by atoms with E-state index in [0.717, 1.165) is 5.56 Å². The standard InChI is InChI=1S/C10H12N2O3/c1-7(12-11)8-2-4-9(5-3-8)15-6-10(13)14/h2-5H,6,11H2,1H3,(H,13,14)/b12-7-. The molecule has 5 nitrogen and oxygen atoms in total. The molecular weight excluding hydrogens is 196 g/mol. The molecule has 0 atom stereocenters. The molecule has 5 heteroatoms. The van der Waals surface area contributed by atoms with Crippen LogP contribution in [0.15, 0.2) is 29.4 Å². The predicted octanol–water partition coefficient (Wildman–Crippen LogP) is 0.833. The molecule has 15 heavy (non-hydrogen) atoms. The van der Waals surface area contributed by atoms with E-state index in [1.54, 1.807) is 31.2 Å². The van der Waals surface area contributed by atoms with Crippen molar-refractivity contribution in [1.29, 1.82) is 0 Å². The molecule has 0 radical (unpaired) electrons. The predicted molar refractivity (Wildman–Crippen MR) is 56.0 cm³/mol. The molecule has 0 bridgehead atoms. The fourth-order valence-corrected chi connectivity index (χ4v) is 1.01. The minimum absolute atomic E-state index is 0.344. The molecule has 1 aromatic carbocycles. The smallest absolute Gasteiger partial charge is 0.341 e. The zero-order chi connectivity index (χ0) is 11.3. The summed E-state index contributed by atoms with van der Waals surface area (Å²) in [7, 11) is 0. The van der Waals surface area contributed by atoms with Crippen molar-refractivity contribution in [2.24, 2.45) is 10.9 Å². The van der Waals surface area contributed by atoms with Crippen LogP contribution in [0.25, 0.3) is 0 Å². The average molecular weight is 208 g/mol. The highest BCUT2D eigenvalue weighted by atomic mass is 16.5. The van der Waals surface area contributed by atoms with Crippen molar-refractivity contribution in [2.45, 2.75) is 6.92 Å². The van der Waals surface area contributed by atoms with Crippen molar-refractivity contribution in [3.63, 3.8) is 0 Å². The van der Waals surface area contributed by atoms with Crippen molar-refractivity contribution in [3.05, 3.63) is 29.8 Å². The quantitative estimate of drug-likeness (QED) is 0.436. The Bertz CT molecular complexity index is 371. The number of benzene rings is 1. The van der Waals surface area contributed by atoms with Crippen molar-refractivity contribution in [2.75, 3.05) is 6.61 Å². The van der Waals surface area contributed by atoms with Gasteiger partial charge < -0.3 is 15.7 Å². The summed E-state index contributed by atoms with van der Waals surface area (Å²) < 4.78 is 4.97. The van der Waals surface area contributed by atoms with Crippen LogP contribution in [0.5, 0.6) is 5.75 Å². The summed E-state index contributed by atoms with van der Waals surface area (Å²) in [6.45, 7) is 1.44. The highest BCUT2D eigenvalue weighted by Crippen LogP contribution is 2.12. The van der Waals surface area contributed by atoms with Crippen LogP contribution in [-0.2, 0) is 4.79 Å². The fourth-order valence-electron chi connectivity index (χ4n) is 1.01. The van der Waals surface area contributed by atoms with E-state index in [1.807, 2.05) is 0 Å². The third-order valence-electron chi connectivity index (χ3n) is 1.83. The molecule has 0 saturated heterocycles. The van der Waals surface area contributed by atoms with Crippen molar-refractivity contribution in [3.8, 4) is 5.75 Å². The van der Waals surface area contributed by atoms with E-state index in [1.165, 1.54) is 0 Å². The van der Waals surface area contributed by atoms with E-state index in [2.05, 4.69) is 5.10 Å². The van der Waals surface area contributed by atoms with Crippen LogP contribution in [0.2, 0.25) is 0 Å². The number of hydrogen-bond donors (Lipinski definition) is 2. The fraction of sp³-hybridized carbons (Fsp3) is 0.200. The highest BCUT2D eigenvalue weighted by Gasteiger charge is 2.00. The molecule has 0 amide bonds. The molecule has 0 unspecified atom stereocenters. The van der Waals surface area contributed by atoms with Crippen LogP contribution in [-0.4, -0.2) is 23.4 Å². The summed E-state index contributed by atoms with van der Waals surface area (Å²) in [5.74, 6) is 4.62. The number of carboxylic acids is 1. The number of hydrogen-bond acceptors (Lipinski definition) is 4. The van der Waals surface area contributed by atoms with Crippen molar-refractivity contribution >= 4 is 11.7 Å². The Hall–Kier alpha value is -2.04. The highest BCUT2D eigenvalue weighted by molar-refractivity contribution is 5.98. The second-order valence-electron chi connectivity index (χ2n) is 2.92. The van der Waals surface area contributed by atoms with Crippen LogP contribution in [0.4, 0.5) is 0 Å².